The Balaban J connectivity index is 2.54. The molecule has 1 nitrogen and oxygen atoms in total. The predicted molar refractivity (Wildman–Crippen MR) is 85.8 cm³/mol. The lowest BCUT2D eigenvalue weighted by molar-refractivity contribution is -0.660. The van der Waals surface area contributed by atoms with Crippen LogP contribution in [-0.4, -0.2) is 0 Å². The van der Waals surface area contributed by atoms with Crippen molar-refractivity contribution in [3.8, 4) is 11.3 Å². The Hall–Kier alpha value is -1.63. The van der Waals surface area contributed by atoms with Gasteiger partial charge in [-0.05, 0) is 55.9 Å². The summed E-state index contributed by atoms with van der Waals surface area (Å²) in [6, 6.07) is 9.18. The smallest absolute Gasteiger partial charge is 0.201 e. The molecule has 0 spiro atoms. The Labute approximate surface area is 123 Å². The van der Waals surface area contributed by atoms with Crippen molar-refractivity contribution >= 4 is 0 Å². The van der Waals surface area contributed by atoms with Gasteiger partial charge in [-0.3, -0.25) is 0 Å². The van der Waals surface area contributed by atoms with Crippen LogP contribution in [0, 0.1) is 26.7 Å². The number of rotatable bonds is 3. The second-order valence-corrected chi connectivity index (χ2v) is 6.38. The van der Waals surface area contributed by atoms with Crippen LogP contribution in [-0.2, 0) is 13.5 Å². The molecule has 0 atom stereocenters. The maximum Gasteiger partial charge on any atom is 0.212 e. The third-order valence-electron chi connectivity index (χ3n) is 3.96. The minimum Gasteiger partial charge on any atom is -0.201 e. The van der Waals surface area contributed by atoms with Crippen molar-refractivity contribution in [2.24, 2.45) is 13.0 Å². The van der Waals surface area contributed by atoms with Crippen LogP contribution in [0.1, 0.15) is 36.1 Å². The number of nitrogens with zero attached hydrogens (tertiary/aromatic N) is 1. The van der Waals surface area contributed by atoms with E-state index in [4.69, 9.17) is 0 Å². The van der Waals surface area contributed by atoms with Gasteiger partial charge in [0.25, 0.3) is 0 Å². The number of aromatic nitrogens is 1. The molecule has 0 bridgehead atoms. The van der Waals surface area contributed by atoms with E-state index in [9.17, 15) is 0 Å². The Bertz CT molecular complexity index is 624. The molecule has 2 aromatic rings. The first-order chi connectivity index (χ1) is 9.38. The van der Waals surface area contributed by atoms with E-state index in [-0.39, 0.29) is 0 Å². The first-order valence-electron chi connectivity index (χ1n) is 7.45. The molecule has 0 fully saturated rings. The van der Waals surface area contributed by atoms with Crippen LogP contribution in [0.15, 0.2) is 30.5 Å². The highest BCUT2D eigenvalue weighted by Gasteiger charge is 2.15. The molecule has 106 valence electrons. The minimum absolute atomic E-state index is 0.694. The lowest BCUT2D eigenvalue weighted by Crippen LogP contribution is -2.31. The highest BCUT2D eigenvalue weighted by Crippen LogP contribution is 2.24. The highest BCUT2D eigenvalue weighted by molar-refractivity contribution is 5.62. The van der Waals surface area contributed by atoms with E-state index in [0.29, 0.717) is 5.92 Å². The number of hydrogen-bond donors (Lipinski definition) is 0. The van der Waals surface area contributed by atoms with E-state index >= 15 is 0 Å². The van der Waals surface area contributed by atoms with Gasteiger partial charge in [0.05, 0.1) is 0 Å². The summed E-state index contributed by atoms with van der Waals surface area (Å²) in [5.74, 6) is 0.694. The molecule has 0 aliphatic carbocycles. The quantitative estimate of drug-likeness (QED) is 0.731. The van der Waals surface area contributed by atoms with Crippen LogP contribution < -0.4 is 4.57 Å². The van der Waals surface area contributed by atoms with E-state index in [1.807, 2.05) is 0 Å². The molecule has 1 aromatic carbocycles. The van der Waals surface area contributed by atoms with Gasteiger partial charge in [0.15, 0.2) is 6.20 Å². The SMILES string of the molecule is Cc1cc(-c2cc(CC(C)C)ccc2C)[n+](C)cc1C. The molecular weight excluding hydrogens is 242 g/mol. The van der Waals surface area contributed by atoms with Crippen molar-refractivity contribution in [1.29, 1.82) is 0 Å². The van der Waals surface area contributed by atoms with Gasteiger partial charge in [-0.25, -0.2) is 4.57 Å². The fraction of sp³-hybridized carbons (Fsp3) is 0.421. The summed E-state index contributed by atoms with van der Waals surface area (Å²) in [6.45, 7) is 11.1. The molecule has 2 rings (SSSR count). The second-order valence-electron chi connectivity index (χ2n) is 6.38. The van der Waals surface area contributed by atoms with Crippen molar-refractivity contribution in [1.82, 2.24) is 0 Å². The first kappa shape index (κ1) is 14.8. The highest BCUT2D eigenvalue weighted by atomic mass is 14.9. The average molecular weight is 268 g/mol. The molecule has 0 aliphatic heterocycles. The van der Waals surface area contributed by atoms with Crippen LogP contribution in [0.2, 0.25) is 0 Å². The van der Waals surface area contributed by atoms with Crippen LogP contribution in [0.5, 0.6) is 0 Å². The third kappa shape index (κ3) is 3.09. The maximum absolute atomic E-state index is 2.36. The largest absolute Gasteiger partial charge is 0.212 e. The van der Waals surface area contributed by atoms with Crippen LogP contribution >= 0.6 is 0 Å². The van der Waals surface area contributed by atoms with Crippen LogP contribution in [0.25, 0.3) is 11.3 Å². The average Bonchev–Trinajstić information content (AvgIpc) is 2.36. The van der Waals surface area contributed by atoms with Gasteiger partial charge in [0.2, 0.25) is 5.69 Å². The third-order valence-corrected chi connectivity index (χ3v) is 3.96. The summed E-state index contributed by atoms with van der Waals surface area (Å²) in [6.07, 6.45) is 3.36. The van der Waals surface area contributed by atoms with E-state index in [0.717, 1.165) is 6.42 Å². The number of benzene rings is 1. The second kappa shape index (κ2) is 5.78. The zero-order chi connectivity index (χ0) is 14.9. The zero-order valence-electron chi connectivity index (χ0n) is 13.6. The lowest BCUT2D eigenvalue weighted by atomic mass is 9.96. The Morgan fingerprint density at radius 3 is 2.30 bits per heavy atom. The zero-order valence-corrected chi connectivity index (χ0v) is 13.6. The molecule has 1 heterocycles. The standard InChI is InChI=1S/C19H26N/c1-13(2)9-17-8-7-14(3)18(11-17)19-10-15(4)16(5)12-20(19)6/h7-8,10-13H,9H2,1-6H3/q+1. The van der Waals surface area contributed by atoms with Gasteiger partial charge in [-0.2, -0.15) is 0 Å². The molecule has 0 N–H and O–H groups in total. The summed E-state index contributed by atoms with van der Waals surface area (Å²) < 4.78 is 2.24. The normalized spacial score (nSPS) is 11.2. The lowest BCUT2D eigenvalue weighted by Gasteiger charge is -2.10. The van der Waals surface area contributed by atoms with Crippen molar-refractivity contribution in [3.63, 3.8) is 0 Å². The predicted octanol–water partition coefficient (Wildman–Crippen LogP) is 4.30. The fourth-order valence-corrected chi connectivity index (χ4v) is 2.69. The van der Waals surface area contributed by atoms with Crippen LogP contribution in [0.3, 0.4) is 0 Å². The summed E-state index contributed by atoms with van der Waals surface area (Å²) in [5.41, 5.74) is 8.12. The summed E-state index contributed by atoms with van der Waals surface area (Å²) >= 11 is 0. The number of aryl methyl sites for hydroxylation is 4. The van der Waals surface area contributed by atoms with Crippen molar-refractivity contribution < 1.29 is 4.57 Å². The molecule has 0 saturated carbocycles. The van der Waals surface area contributed by atoms with E-state index in [1.165, 1.54) is 33.5 Å². The molecule has 0 unspecified atom stereocenters. The number of hydrogen-bond acceptors (Lipinski definition) is 0. The first-order valence-corrected chi connectivity index (χ1v) is 7.45. The fourth-order valence-electron chi connectivity index (χ4n) is 2.69. The molecule has 20 heavy (non-hydrogen) atoms. The molecular formula is C19H26N+. The number of pyridine rings is 1. The van der Waals surface area contributed by atoms with Gasteiger partial charge in [0, 0.05) is 17.2 Å². The molecule has 0 amide bonds. The van der Waals surface area contributed by atoms with Crippen molar-refractivity contribution in [2.75, 3.05) is 0 Å². The van der Waals surface area contributed by atoms with E-state index in [1.54, 1.807) is 0 Å². The Morgan fingerprint density at radius 2 is 1.65 bits per heavy atom. The Kier molecular flexibility index (Phi) is 4.27. The maximum atomic E-state index is 2.36. The molecule has 1 aromatic heterocycles. The van der Waals surface area contributed by atoms with Gasteiger partial charge < -0.3 is 0 Å². The minimum atomic E-state index is 0.694. The summed E-state index contributed by atoms with van der Waals surface area (Å²) in [4.78, 5) is 0. The van der Waals surface area contributed by atoms with Gasteiger partial charge in [-0.1, -0.05) is 26.0 Å². The van der Waals surface area contributed by atoms with Crippen molar-refractivity contribution in [2.45, 2.75) is 41.0 Å². The van der Waals surface area contributed by atoms with E-state index < -0.39 is 0 Å². The van der Waals surface area contributed by atoms with E-state index in [2.05, 4.69) is 76.7 Å². The topological polar surface area (TPSA) is 3.88 Å². The summed E-state index contributed by atoms with van der Waals surface area (Å²) in [7, 11) is 2.14. The monoisotopic (exact) mass is 268 g/mol. The van der Waals surface area contributed by atoms with Gasteiger partial charge in [-0.15, -0.1) is 0 Å². The molecule has 0 aliphatic rings. The van der Waals surface area contributed by atoms with Crippen molar-refractivity contribution in [3.05, 3.63) is 52.7 Å². The van der Waals surface area contributed by atoms with Crippen LogP contribution in [0.4, 0.5) is 0 Å². The Morgan fingerprint density at radius 1 is 0.950 bits per heavy atom. The summed E-state index contributed by atoms with van der Waals surface area (Å²) in [5, 5.41) is 0. The molecule has 0 saturated heterocycles. The molecule has 0 radical (unpaired) electrons. The van der Waals surface area contributed by atoms with Gasteiger partial charge >= 0.3 is 0 Å². The molecule has 1 heteroatoms. The van der Waals surface area contributed by atoms with Gasteiger partial charge in [0.1, 0.15) is 7.05 Å².